The normalized spacial score (nSPS) is 18.1. The molecule has 2 aliphatic rings. The number of benzene rings is 4. The monoisotopic (exact) mass is 406 g/mol. The third kappa shape index (κ3) is 2.60. The van der Waals surface area contributed by atoms with Crippen LogP contribution < -0.4 is 10.2 Å². The molecule has 2 aliphatic heterocycles. The van der Waals surface area contributed by atoms with E-state index in [4.69, 9.17) is 0 Å². The fraction of sp³-hybridized carbons (Fsp3) is 0.115. The van der Waals surface area contributed by atoms with Crippen LogP contribution in [0.1, 0.15) is 23.2 Å². The first-order chi connectivity index (χ1) is 15.1. The standard InChI is InChI=1S/C26H18N2O3/c29-23-12-11-22(25(30)27-23)28-21-10-4-7-16-13-17(14-20(24(16)21)26(28)31)19-9-3-6-15-5-1-2-8-18(15)19/h1-10,13-14,22H,11-12H2,(H,27,29,30). The lowest BCUT2D eigenvalue weighted by Gasteiger charge is -2.30. The number of anilines is 1. The van der Waals surface area contributed by atoms with E-state index in [1.54, 1.807) is 4.90 Å². The predicted octanol–water partition coefficient (Wildman–Crippen LogP) is 4.43. The van der Waals surface area contributed by atoms with Gasteiger partial charge in [0.25, 0.3) is 5.91 Å². The number of rotatable bonds is 2. The van der Waals surface area contributed by atoms with Crippen LogP contribution >= 0.6 is 0 Å². The van der Waals surface area contributed by atoms with E-state index in [1.807, 2.05) is 42.5 Å². The Kier molecular flexibility index (Phi) is 3.74. The molecule has 150 valence electrons. The van der Waals surface area contributed by atoms with Gasteiger partial charge in [-0.2, -0.15) is 0 Å². The maximum absolute atomic E-state index is 13.5. The van der Waals surface area contributed by atoms with Crippen LogP contribution in [0.15, 0.2) is 72.8 Å². The number of carbonyl (C=O) groups is 3. The van der Waals surface area contributed by atoms with E-state index in [0.29, 0.717) is 12.0 Å². The Morgan fingerprint density at radius 3 is 2.45 bits per heavy atom. The third-order valence-corrected chi connectivity index (χ3v) is 6.29. The highest BCUT2D eigenvalue weighted by Crippen LogP contribution is 2.42. The van der Waals surface area contributed by atoms with Crippen LogP contribution in [0.3, 0.4) is 0 Å². The van der Waals surface area contributed by atoms with Gasteiger partial charge in [0.2, 0.25) is 11.8 Å². The van der Waals surface area contributed by atoms with Gasteiger partial charge in [0, 0.05) is 11.8 Å². The van der Waals surface area contributed by atoms with E-state index in [9.17, 15) is 14.4 Å². The maximum Gasteiger partial charge on any atom is 0.259 e. The average molecular weight is 406 g/mol. The van der Waals surface area contributed by atoms with Crippen LogP contribution in [0.4, 0.5) is 5.69 Å². The molecular formula is C26H18N2O3. The highest BCUT2D eigenvalue weighted by molar-refractivity contribution is 6.28. The summed E-state index contributed by atoms with van der Waals surface area (Å²) in [7, 11) is 0. The van der Waals surface area contributed by atoms with Gasteiger partial charge in [-0.1, -0.05) is 54.6 Å². The highest BCUT2D eigenvalue weighted by Gasteiger charge is 2.40. The van der Waals surface area contributed by atoms with Gasteiger partial charge in [0.05, 0.1) is 11.3 Å². The maximum atomic E-state index is 13.5. The Labute approximate surface area is 178 Å². The van der Waals surface area contributed by atoms with Gasteiger partial charge in [-0.05, 0) is 51.9 Å². The minimum absolute atomic E-state index is 0.192. The van der Waals surface area contributed by atoms with Crippen molar-refractivity contribution in [2.75, 3.05) is 4.90 Å². The number of amides is 3. The van der Waals surface area contributed by atoms with Gasteiger partial charge in [0.15, 0.2) is 0 Å². The lowest BCUT2D eigenvalue weighted by Crippen LogP contribution is -2.53. The minimum Gasteiger partial charge on any atom is -0.295 e. The third-order valence-electron chi connectivity index (χ3n) is 6.29. The van der Waals surface area contributed by atoms with E-state index in [0.717, 1.165) is 38.4 Å². The van der Waals surface area contributed by atoms with E-state index >= 15 is 0 Å². The summed E-state index contributed by atoms with van der Waals surface area (Å²) in [6, 6.07) is 23.5. The number of hydrogen-bond donors (Lipinski definition) is 1. The summed E-state index contributed by atoms with van der Waals surface area (Å²) >= 11 is 0. The second kappa shape index (κ2) is 6.51. The molecule has 1 saturated heterocycles. The van der Waals surface area contributed by atoms with Gasteiger partial charge in [-0.15, -0.1) is 0 Å². The molecule has 1 fully saturated rings. The van der Waals surface area contributed by atoms with Gasteiger partial charge >= 0.3 is 0 Å². The Bertz CT molecular complexity index is 1430. The number of nitrogens with zero attached hydrogens (tertiary/aromatic N) is 1. The lowest BCUT2D eigenvalue weighted by atomic mass is 9.94. The Morgan fingerprint density at radius 1 is 0.806 bits per heavy atom. The van der Waals surface area contributed by atoms with E-state index in [-0.39, 0.29) is 18.2 Å². The van der Waals surface area contributed by atoms with E-state index in [2.05, 4.69) is 35.6 Å². The molecule has 2 heterocycles. The van der Waals surface area contributed by atoms with Gasteiger partial charge in [-0.25, -0.2) is 0 Å². The van der Waals surface area contributed by atoms with Gasteiger partial charge in [0.1, 0.15) is 6.04 Å². The predicted molar refractivity (Wildman–Crippen MR) is 120 cm³/mol. The summed E-state index contributed by atoms with van der Waals surface area (Å²) in [6.07, 6.45) is 0.560. The summed E-state index contributed by atoms with van der Waals surface area (Å²) in [6.45, 7) is 0. The Morgan fingerprint density at radius 2 is 1.58 bits per heavy atom. The number of fused-ring (bicyclic) bond motifs is 1. The molecule has 1 N–H and O–H groups in total. The fourth-order valence-corrected chi connectivity index (χ4v) is 4.89. The van der Waals surface area contributed by atoms with Crippen LogP contribution in [-0.4, -0.2) is 23.8 Å². The van der Waals surface area contributed by atoms with Crippen molar-refractivity contribution in [3.8, 4) is 11.1 Å². The fourth-order valence-electron chi connectivity index (χ4n) is 4.89. The van der Waals surface area contributed by atoms with Crippen LogP contribution in [0.25, 0.3) is 32.7 Å². The highest BCUT2D eigenvalue weighted by atomic mass is 16.2. The summed E-state index contributed by atoms with van der Waals surface area (Å²) in [4.78, 5) is 39.2. The molecule has 0 spiro atoms. The molecular weight excluding hydrogens is 388 g/mol. The first-order valence-corrected chi connectivity index (χ1v) is 10.3. The van der Waals surface area contributed by atoms with Crippen LogP contribution in [0.5, 0.6) is 0 Å². The molecule has 0 saturated carbocycles. The van der Waals surface area contributed by atoms with Crippen LogP contribution in [0, 0.1) is 0 Å². The van der Waals surface area contributed by atoms with Crippen molar-refractivity contribution in [2.45, 2.75) is 18.9 Å². The van der Waals surface area contributed by atoms with Crippen molar-refractivity contribution in [2.24, 2.45) is 0 Å². The molecule has 4 aromatic carbocycles. The largest absolute Gasteiger partial charge is 0.295 e. The first-order valence-electron chi connectivity index (χ1n) is 10.3. The first kappa shape index (κ1) is 17.8. The smallest absolute Gasteiger partial charge is 0.259 e. The SMILES string of the molecule is O=C1CCC(N2C(=O)c3cc(-c4cccc5ccccc45)cc4cccc2c34)C(=O)N1. The summed E-state index contributed by atoms with van der Waals surface area (Å²) in [5.41, 5.74) is 3.36. The Balaban J connectivity index is 1.53. The van der Waals surface area contributed by atoms with Crippen molar-refractivity contribution in [3.05, 3.63) is 78.4 Å². The molecule has 3 amide bonds. The molecule has 0 aliphatic carbocycles. The molecule has 31 heavy (non-hydrogen) atoms. The molecule has 1 unspecified atom stereocenters. The molecule has 5 nitrogen and oxygen atoms in total. The molecule has 0 radical (unpaired) electrons. The topological polar surface area (TPSA) is 66.5 Å². The molecule has 4 aromatic rings. The lowest BCUT2D eigenvalue weighted by molar-refractivity contribution is -0.134. The van der Waals surface area contributed by atoms with Crippen LogP contribution in [-0.2, 0) is 9.59 Å². The molecule has 6 rings (SSSR count). The summed E-state index contributed by atoms with van der Waals surface area (Å²) in [5.74, 6) is -0.895. The summed E-state index contributed by atoms with van der Waals surface area (Å²) < 4.78 is 0. The second-order valence-corrected chi connectivity index (χ2v) is 8.07. The van der Waals surface area contributed by atoms with Gasteiger partial charge in [-0.3, -0.25) is 24.6 Å². The number of carbonyl (C=O) groups excluding carboxylic acids is 3. The van der Waals surface area contributed by atoms with Crippen molar-refractivity contribution in [1.29, 1.82) is 0 Å². The van der Waals surface area contributed by atoms with Crippen molar-refractivity contribution < 1.29 is 14.4 Å². The Hall–Kier alpha value is -3.99. The minimum atomic E-state index is -0.677. The van der Waals surface area contributed by atoms with Crippen molar-refractivity contribution >= 4 is 45.0 Å². The zero-order chi connectivity index (χ0) is 21.1. The molecule has 0 aromatic heterocycles. The molecule has 0 bridgehead atoms. The van der Waals surface area contributed by atoms with Crippen molar-refractivity contribution in [3.63, 3.8) is 0 Å². The quantitative estimate of drug-likeness (QED) is 0.501. The number of hydrogen-bond acceptors (Lipinski definition) is 3. The zero-order valence-corrected chi connectivity index (χ0v) is 16.6. The van der Waals surface area contributed by atoms with Gasteiger partial charge < -0.3 is 0 Å². The summed E-state index contributed by atoms with van der Waals surface area (Å²) in [5, 5.41) is 6.46. The van der Waals surface area contributed by atoms with Crippen LogP contribution in [0.2, 0.25) is 0 Å². The molecule has 1 atom stereocenters. The van der Waals surface area contributed by atoms with Crippen molar-refractivity contribution in [1.82, 2.24) is 5.32 Å². The average Bonchev–Trinajstić information content (AvgIpc) is 3.06. The molecule has 5 heteroatoms. The zero-order valence-electron chi connectivity index (χ0n) is 16.6. The second-order valence-electron chi connectivity index (χ2n) is 8.07. The number of piperidine rings is 1. The number of nitrogens with one attached hydrogen (secondary N) is 1. The van der Waals surface area contributed by atoms with E-state index in [1.165, 1.54) is 0 Å². The number of imide groups is 1. The van der Waals surface area contributed by atoms with E-state index < -0.39 is 11.9 Å².